The average molecular weight is 300 g/mol. The molecule has 1 heterocycles. The summed E-state index contributed by atoms with van der Waals surface area (Å²) in [6.07, 6.45) is -4.95. The predicted octanol–water partition coefficient (Wildman–Crippen LogP) is 2.84. The SMILES string of the molecule is CC(=O)N1CCN(CCC(F)(F)F)C[C@@H]1c1ccccc1. The summed E-state index contributed by atoms with van der Waals surface area (Å²) in [7, 11) is 0. The molecule has 1 amide bonds. The minimum absolute atomic E-state index is 0.0153. The summed E-state index contributed by atoms with van der Waals surface area (Å²) >= 11 is 0. The van der Waals surface area contributed by atoms with Crippen LogP contribution in [0.3, 0.4) is 0 Å². The van der Waals surface area contributed by atoms with Gasteiger partial charge in [0.2, 0.25) is 5.91 Å². The van der Waals surface area contributed by atoms with Gasteiger partial charge in [0.25, 0.3) is 0 Å². The summed E-state index contributed by atoms with van der Waals surface area (Å²) in [5.74, 6) is -0.0423. The highest BCUT2D eigenvalue weighted by atomic mass is 19.4. The monoisotopic (exact) mass is 300 g/mol. The Labute approximate surface area is 122 Å². The van der Waals surface area contributed by atoms with Crippen LogP contribution in [0.4, 0.5) is 13.2 Å². The van der Waals surface area contributed by atoms with E-state index in [0.717, 1.165) is 5.56 Å². The van der Waals surface area contributed by atoms with Crippen LogP contribution in [0.25, 0.3) is 0 Å². The molecule has 0 radical (unpaired) electrons. The third kappa shape index (κ3) is 4.46. The van der Waals surface area contributed by atoms with Gasteiger partial charge in [0.1, 0.15) is 0 Å². The Morgan fingerprint density at radius 3 is 2.48 bits per heavy atom. The maximum Gasteiger partial charge on any atom is 0.390 e. The molecule has 1 aromatic rings. The third-order valence-electron chi connectivity index (χ3n) is 3.76. The summed E-state index contributed by atoms with van der Waals surface area (Å²) in [5, 5.41) is 0. The van der Waals surface area contributed by atoms with Crippen molar-refractivity contribution in [1.82, 2.24) is 9.80 Å². The number of carbonyl (C=O) groups excluding carboxylic acids is 1. The van der Waals surface area contributed by atoms with Crippen LogP contribution >= 0.6 is 0 Å². The Morgan fingerprint density at radius 2 is 1.90 bits per heavy atom. The van der Waals surface area contributed by atoms with Crippen LogP contribution in [0, 0.1) is 0 Å². The van der Waals surface area contributed by atoms with Gasteiger partial charge in [-0.1, -0.05) is 30.3 Å². The molecule has 21 heavy (non-hydrogen) atoms. The van der Waals surface area contributed by atoms with Crippen LogP contribution in [-0.2, 0) is 4.79 Å². The summed E-state index contributed by atoms with van der Waals surface area (Å²) in [6, 6.07) is 9.28. The number of rotatable bonds is 3. The lowest BCUT2D eigenvalue weighted by atomic mass is 10.0. The number of alkyl halides is 3. The molecular formula is C15H19F3N2O. The van der Waals surface area contributed by atoms with Crippen molar-refractivity contribution in [3.8, 4) is 0 Å². The number of hydrogen-bond donors (Lipinski definition) is 0. The van der Waals surface area contributed by atoms with Crippen LogP contribution in [0.5, 0.6) is 0 Å². The number of benzene rings is 1. The minimum atomic E-state index is -4.14. The molecule has 0 unspecified atom stereocenters. The van der Waals surface area contributed by atoms with Crippen molar-refractivity contribution in [2.75, 3.05) is 26.2 Å². The average Bonchev–Trinajstić information content (AvgIpc) is 2.45. The zero-order valence-electron chi connectivity index (χ0n) is 11.9. The first-order valence-corrected chi connectivity index (χ1v) is 6.98. The molecular weight excluding hydrogens is 281 g/mol. The first-order chi connectivity index (χ1) is 9.87. The highest BCUT2D eigenvalue weighted by molar-refractivity contribution is 5.74. The molecule has 1 fully saturated rings. The van der Waals surface area contributed by atoms with E-state index >= 15 is 0 Å². The van der Waals surface area contributed by atoms with Crippen LogP contribution < -0.4 is 0 Å². The summed E-state index contributed by atoms with van der Waals surface area (Å²) < 4.78 is 37.0. The van der Waals surface area contributed by atoms with Crippen molar-refractivity contribution < 1.29 is 18.0 Å². The Morgan fingerprint density at radius 1 is 1.24 bits per heavy atom. The van der Waals surface area contributed by atoms with Gasteiger partial charge in [-0.3, -0.25) is 9.69 Å². The number of amides is 1. The minimum Gasteiger partial charge on any atom is -0.333 e. The van der Waals surface area contributed by atoms with Gasteiger partial charge >= 0.3 is 6.18 Å². The van der Waals surface area contributed by atoms with E-state index in [1.807, 2.05) is 30.3 Å². The Kier molecular flexibility index (Phi) is 4.88. The van der Waals surface area contributed by atoms with Gasteiger partial charge in [-0.25, -0.2) is 0 Å². The maximum absolute atomic E-state index is 12.3. The summed E-state index contributed by atoms with van der Waals surface area (Å²) in [4.78, 5) is 15.3. The lowest BCUT2D eigenvalue weighted by Gasteiger charge is -2.41. The van der Waals surface area contributed by atoms with E-state index in [2.05, 4.69) is 0 Å². The zero-order valence-corrected chi connectivity index (χ0v) is 11.9. The zero-order chi connectivity index (χ0) is 15.5. The number of hydrogen-bond acceptors (Lipinski definition) is 2. The van der Waals surface area contributed by atoms with Gasteiger partial charge in [0, 0.05) is 33.1 Å². The predicted molar refractivity (Wildman–Crippen MR) is 73.7 cm³/mol. The Balaban J connectivity index is 2.08. The maximum atomic E-state index is 12.3. The summed E-state index contributed by atoms with van der Waals surface area (Å²) in [6.45, 7) is 2.88. The van der Waals surface area contributed by atoms with Gasteiger partial charge in [0.15, 0.2) is 0 Å². The van der Waals surface area contributed by atoms with Crippen molar-refractivity contribution in [2.45, 2.75) is 25.6 Å². The topological polar surface area (TPSA) is 23.6 Å². The van der Waals surface area contributed by atoms with E-state index in [1.165, 1.54) is 6.92 Å². The van der Waals surface area contributed by atoms with E-state index in [0.29, 0.717) is 19.6 Å². The quantitative estimate of drug-likeness (QED) is 0.857. The van der Waals surface area contributed by atoms with Crippen molar-refractivity contribution in [2.24, 2.45) is 0 Å². The second-order valence-electron chi connectivity index (χ2n) is 5.30. The third-order valence-corrected chi connectivity index (χ3v) is 3.76. The van der Waals surface area contributed by atoms with Gasteiger partial charge < -0.3 is 4.90 Å². The van der Waals surface area contributed by atoms with Crippen molar-refractivity contribution in [3.63, 3.8) is 0 Å². The molecule has 0 spiro atoms. The van der Waals surface area contributed by atoms with Crippen molar-refractivity contribution in [1.29, 1.82) is 0 Å². The number of nitrogens with zero attached hydrogens (tertiary/aromatic N) is 2. The molecule has 0 aliphatic carbocycles. The largest absolute Gasteiger partial charge is 0.390 e. The smallest absolute Gasteiger partial charge is 0.333 e. The van der Waals surface area contributed by atoms with E-state index < -0.39 is 12.6 Å². The second kappa shape index (κ2) is 6.47. The lowest BCUT2D eigenvalue weighted by Crippen LogP contribution is -2.50. The molecule has 0 N–H and O–H groups in total. The van der Waals surface area contributed by atoms with Gasteiger partial charge in [-0.2, -0.15) is 13.2 Å². The highest BCUT2D eigenvalue weighted by Gasteiger charge is 2.33. The Bertz CT molecular complexity index is 476. The van der Waals surface area contributed by atoms with Crippen LogP contribution in [0.1, 0.15) is 24.9 Å². The fraction of sp³-hybridized carbons (Fsp3) is 0.533. The Hall–Kier alpha value is -1.56. The van der Waals surface area contributed by atoms with Crippen LogP contribution in [-0.4, -0.2) is 48.1 Å². The van der Waals surface area contributed by atoms with Crippen molar-refractivity contribution >= 4 is 5.91 Å². The molecule has 1 saturated heterocycles. The fourth-order valence-corrected chi connectivity index (χ4v) is 2.66. The molecule has 0 bridgehead atoms. The van der Waals surface area contributed by atoms with Crippen LogP contribution in [0.2, 0.25) is 0 Å². The lowest BCUT2D eigenvalue weighted by molar-refractivity contribution is -0.143. The number of halogens is 3. The standard InChI is InChI=1S/C15H19F3N2O/c1-12(21)20-10-9-19(8-7-15(16,17)18)11-14(20)13-5-3-2-4-6-13/h2-6,14H,7-11H2,1H3/t14-/m1/s1. The second-order valence-corrected chi connectivity index (χ2v) is 5.30. The number of carbonyl (C=O) groups is 1. The van der Waals surface area contributed by atoms with Crippen molar-refractivity contribution in [3.05, 3.63) is 35.9 Å². The van der Waals surface area contributed by atoms with Gasteiger partial charge in [0.05, 0.1) is 12.5 Å². The fourth-order valence-electron chi connectivity index (χ4n) is 2.66. The molecule has 1 atom stereocenters. The van der Waals surface area contributed by atoms with E-state index in [4.69, 9.17) is 0 Å². The molecule has 0 aromatic heterocycles. The molecule has 116 valence electrons. The normalized spacial score (nSPS) is 20.6. The molecule has 0 saturated carbocycles. The van der Waals surface area contributed by atoms with Gasteiger partial charge in [-0.15, -0.1) is 0 Å². The first kappa shape index (κ1) is 15.8. The van der Waals surface area contributed by atoms with E-state index in [9.17, 15) is 18.0 Å². The van der Waals surface area contributed by atoms with Crippen LogP contribution in [0.15, 0.2) is 30.3 Å². The number of piperazine rings is 1. The molecule has 1 aromatic carbocycles. The molecule has 2 rings (SSSR count). The first-order valence-electron chi connectivity index (χ1n) is 6.98. The van der Waals surface area contributed by atoms with E-state index in [1.54, 1.807) is 9.80 Å². The van der Waals surface area contributed by atoms with E-state index in [-0.39, 0.29) is 18.5 Å². The molecule has 1 aliphatic rings. The van der Waals surface area contributed by atoms with Gasteiger partial charge in [-0.05, 0) is 5.56 Å². The molecule has 3 nitrogen and oxygen atoms in total. The molecule has 6 heteroatoms. The summed E-state index contributed by atoms with van der Waals surface area (Å²) in [5.41, 5.74) is 0.962. The molecule has 1 aliphatic heterocycles. The highest BCUT2D eigenvalue weighted by Crippen LogP contribution is 2.27.